The van der Waals surface area contributed by atoms with E-state index in [-0.39, 0.29) is 6.10 Å². The third kappa shape index (κ3) is 3.98. The second-order valence-corrected chi connectivity index (χ2v) is 6.69. The molecule has 1 aliphatic carbocycles. The Labute approximate surface area is 135 Å². The lowest BCUT2D eigenvalue weighted by molar-refractivity contribution is 0.206. The Morgan fingerprint density at radius 1 is 1.24 bits per heavy atom. The third-order valence-corrected chi connectivity index (χ3v) is 4.77. The van der Waals surface area contributed by atoms with E-state index >= 15 is 0 Å². The smallest absolute Gasteiger partial charge is 0.134 e. The molecular weight excluding hydrogens is 326 g/mol. The quantitative estimate of drug-likeness (QED) is 0.719. The Morgan fingerprint density at radius 2 is 2.05 bits per heavy atom. The standard InChI is InChI=1S/C18H22BrNO/c1-13(5-4-12-20-15-9-10-15)21-17-11-8-14-6-2-3-7-16(14)18(17)19/h2-3,6-8,11,13,15,20H,4-5,9-10,12H2,1H3. The van der Waals surface area contributed by atoms with Crippen LogP contribution in [-0.4, -0.2) is 18.7 Å². The maximum absolute atomic E-state index is 6.10. The van der Waals surface area contributed by atoms with Crippen LogP contribution in [0.1, 0.15) is 32.6 Å². The summed E-state index contributed by atoms with van der Waals surface area (Å²) >= 11 is 3.68. The molecule has 1 atom stereocenters. The molecule has 1 unspecified atom stereocenters. The van der Waals surface area contributed by atoms with Crippen molar-refractivity contribution in [2.45, 2.75) is 44.8 Å². The zero-order chi connectivity index (χ0) is 14.7. The molecule has 0 amide bonds. The van der Waals surface area contributed by atoms with Crippen molar-refractivity contribution in [1.82, 2.24) is 5.32 Å². The van der Waals surface area contributed by atoms with Crippen molar-refractivity contribution in [1.29, 1.82) is 0 Å². The van der Waals surface area contributed by atoms with Crippen LogP contribution in [0.25, 0.3) is 10.8 Å². The molecule has 1 saturated carbocycles. The summed E-state index contributed by atoms with van der Waals surface area (Å²) in [5, 5.41) is 5.99. The van der Waals surface area contributed by atoms with Gasteiger partial charge in [-0.3, -0.25) is 0 Å². The van der Waals surface area contributed by atoms with E-state index in [2.05, 4.69) is 64.6 Å². The van der Waals surface area contributed by atoms with E-state index in [1.807, 2.05) is 0 Å². The third-order valence-electron chi connectivity index (χ3n) is 3.95. The van der Waals surface area contributed by atoms with Gasteiger partial charge in [-0.25, -0.2) is 0 Å². The molecule has 112 valence electrons. The van der Waals surface area contributed by atoms with Crippen LogP contribution in [0.15, 0.2) is 40.9 Å². The number of benzene rings is 2. The molecule has 0 spiro atoms. The van der Waals surface area contributed by atoms with Gasteiger partial charge in [0.15, 0.2) is 0 Å². The Balaban J connectivity index is 1.57. The first-order chi connectivity index (χ1) is 10.2. The van der Waals surface area contributed by atoms with E-state index in [9.17, 15) is 0 Å². The van der Waals surface area contributed by atoms with Crippen LogP contribution in [0.3, 0.4) is 0 Å². The highest BCUT2D eigenvalue weighted by molar-refractivity contribution is 9.10. The Hall–Kier alpha value is -1.06. The predicted molar refractivity (Wildman–Crippen MR) is 92.0 cm³/mol. The van der Waals surface area contributed by atoms with Gasteiger partial charge in [0.25, 0.3) is 0 Å². The van der Waals surface area contributed by atoms with Crippen LogP contribution in [0.4, 0.5) is 0 Å². The highest BCUT2D eigenvalue weighted by atomic mass is 79.9. The average molecular weight is 348 g/mol. The fourth-order valence-corrected chi connectivity index (χ4v) is 3.15. The first-order valence-corrected chi connectivity index (χ1v) is 8.60. The van der Waals surface area contributed by atoms with Gasteiger partial charge in [0.1, 0.15) is 5.75 Å². The molecule has 1 N–H and O–H groups in total. The number of hydrogen-bond donors (Lipinski definition) is 1. The molecule has 21 heavy (non-hydrogen) atoms. The second kappa shape index (κ2) is 6.80. The van der Waals surface area contributed by atoms with Crippen molar-refractivity contribution in [3.8, 4) is 5.75 Å². The van der Waals surface area contributed by atoms with E-state index in [0.29, 0.717) is 0 Å². The summed E-state index contributed by atoms with van der Waals surface area (Å²) in [6.45, 7) is 3.26. The van der Waals surface area contributed by atoms with Gasteiger partial charge in [-0.15, -0.1) is 0 Å². The van der Waals surface area contributed by atoms with E-state index < -0.39 is 0 Å². The average Bonchev–Trinajstić information content (AvgIpc) is 3.31. The molecular formula is C18H22BrNO. The SMILES string of the molecule is CC(CCCNC1CC1)Oc1ccc2ccccc2c1Br. The fourth-order valence-electron chi connectivity index (χ4n) is 2.56. The lowest BCUT2D eigenvalue weighted by Gasteiger charge is -2.17. The predicted octanol–water partition coefficient (Wildman–Crippen LogP) is 4.90. The van der Waals surface area contributed by atoms with Gasteiger partial charge in [-0.2, -0.15) is 0 Å². The summed E-state index contributed by atoms with van der Waals surface area (Å²) < 4.78 is 7.16. The normalized spacial score (nSPS) is 16.1. The molecule has 0 aromatic heterocycles. The number of ether oxygens (including phenoxy) is 1. The summed E-state index contributed by atoms with van der Waals surface area (Å²) in [5.74, 6) is 0.941. The molecule has 2 aromatic carbocycles. The van der Waals surface area contributed by atoms with Gasteiger partial charge < -0.3 is 10.1 Å². The van der Waals surface area contributed by atoms with Crippen LogP contribution in [-0.2, 0) is 0 Å². The van der Waals surface area contributed by atoms with Crippen molar-refractivity contribution in [2.24, 2.45) is 0 Å². The van der Waals surface area contributed by atoms with E-state index in [1.165, 1.54) is 30.0 Å². The molecule has 0 bridgehead atoms. The van der Waals surface area contributed by atoms with Gasteiger partial charge in [0.2, 0.25) is 0 Å². The minimum absolute atomic E-state index is 0.239. The van der Waals surface area contributed by atoms with Crippen LogP contribution in [0.2, 0.25) is 0 Å². The van der Waals surface area contributed by atoms with Crippen LogP contribution < -0.4 is 10.1 Å². The Bertz CT molecular complexity index is 609. The second-order valence-electron chi connectivity index (χ2n) is 5.90. The van der Waals surface area contributed by atoms with E-state index in [4.69, 9.17) is 4.74 Å². The maximum atomic E-state index is 6.10. The highest BCUT2D eigenvalue weighted by Crippen LogP contribution is 2.33. The molecule has 1 fully saturated rings. The zero-order valence-corrected chi connectivity index (χ0v) is 14.0. The molecule has 0 saturated heterocycles. The topological polar surface area (TPSA) is 21.3 Å². The molecule has 0 heterocycles. The maximum Gasteiger partial charge on any atom is 0.134 e. The monoisotopic (exact) mass is 347 g/mol. The number of halogens is 1. The molecule has 0 aliphatic heterocycles. The molecule has 3 heteroatoms. The van der Waals surface area contributed by atoms with Crippen LogP contribution in [0, 0.1) is 0 Å². The number of rotatable bonds is 7. The van der Waals surface area contributed by atoms with Crippen LogP contribution >= 0.6 is 15.9 Å². The largest absolute Gasteiger partial charge is 0.490 e. The van der Waals surface area contributed by atoms with E-state index in [0.717, 1.165) is 29.2 Å². The van der Waals surface area contributed by atoms with Crippen molar-refractivity contribution >= 4 is 26.7 Å². The lowest BCUT2D eigenvalue weighted by atomic mass is 10.1. The summed E-state index contributed by atoms with van der Waals surface area (Å²) in [4.78, 5) is 0. The van der Waals surface area contributed by atoms with Crippen molar-refractivity contribution < 1.29 is 4.74 Å². The number of nitrogens with one attached hydrogen (secondary N) is 1. The molecule has 1 aliphatic rings. The minimum Gasteiger partial charge on any atom is -0.490 e. The number of hydrogen-bond acceptors (Lipinski definition) is 2. The van der Waals surface area contributed by atoms with Crippen molar-refractivity contribution in [3.63, 3.8) is 0 Å². The fraction of sp³-hybridized carbons (Fsp3) is 0.444. The summed E-state index contributed by atoms with van der Waals surface area (Å²) in [7, 11) is 0. The van der Waals surface area contributed by atoms with E-state index in [1.54, 1.807) is 0 Å². The first-order valence-electron chi connectivity index (χ1n) is 7.81. The Morgan fingerprint density at radius 3 is 2.86 bits per heavy atom. The molecule has 0 radical (unpaired) electrons. The number of fused-ring (bicyclic) bond motifs is 1. The zero-order valence-electron chi connectivity index (χ0n) is 12.4. The highest BCUT2D eigenvalue weighted by Gasteiger charge is 2.19. The van der Waals surface area contributed by atoms with Crippen molar-refractivity contribution in [3.05, 3.63) is 40.9 Å². The Kier molecular flexibility index (Phi) is 4.81. The molecule has 3 rings (SSSR count). The van der Waals surface area contributed by atoms with Crippen molar-refractivity contribution in [2.75, 3.05) is 6.54 Å². The van der Waals surface area contributed by atoms with Gasteiger partial charge in [-0.05, 0) is 71.9 Å². The minimum atomic E-state index is 0.239. The molecule has 2 nitrogen and oxygen atoms in total. The first kappa shape index (κ1) is 14.9. The summed E-state index contributed by atoms with van der Waals surface area (Å²) in [6.07, 6.45) is 5.21. The van der Waals surface area contributed by atoms with Gasteiger partial charge >= 0.3 is 0 Å². The molecule has 2 aromatic rings. The van der Waals surface area contributed by atoms with Gasteiger partial charge in [-0.1, -0.05) is 30.3 Å². The summed E-state index contributed by atoms with van der Waals surface area (Å²) in [6, 6.07) is 13.3. The van der Waals surface area contributed by atoms with Crippen LogP contribution in [0.5, 0.6) is 5.75 Å². The summed E-state index contributed by atoms with van der Waals surface area (Å²) in [5.41, 5.74) is 0. The van der Waals surface area contributed by atoms with Gasteiger partial charge in [0, 0.05) is 6.04 Å². The lowest BCUT2D eigenvalue weighted by Crippen LogP contribution is -2.20. The van der Waals surface area contributed by atoms with Gasteiger partial charge in [0.05, 0.1) is 10.6 Å².